The van der Waals surface area contributed by atoms with Crippen molar-refractivity contribution in [3.05, 3.63) is 37.0 Å². The Kier molecular flexibility index (Phi) is 16.6. The third-order valence-electron chi connectivity index (χ3n) is 12.2. The summed E-state index contributed by atoms with van der Waals surface area (Å²) < 4.78 is 5.88. The second kappa shape index (κ2) is 18.7. The molecule has 0 radical (unpaired) electrons. The molecule has 2 heteroatoms. The number of allylic oxidation sites excluding steroid dienone is 2. The Morgan fingerprint density at radius 2 is 1.63 bits per heavy atom. The molecule has 0 aromatic heterocycles. The van der Waals surface area contributed by atoms with E-state index in [0.717, 1.165) is 55.6 Å². The Bertz CT molecular complexity index is 853. The van der Waals surface area contributed by atoms with Gasteiger partial charge in [0, 0.05) is 18.9 Å². The fourth-order valence-electron chi connectivity index (χ4n) is 8.86. The molecule has 0 amide bonds. The van der Waals surface area contributed by atoms with Crippen LogP contribution in [0.25, 0.3) is 0 Å². The number of ether oxygens (including phenoxy) is 1. The summed E-state index contributed by atoms with van der Waals surface area (Å²) >= 11 is 0. The maximum absolute atomic E-state index is 14.0. The molecule has 248 valence electrons. The minimum Gasteiger partial charge on any atom is -0.377 e. The lowest BCUT2D eigenvalue weighted by molar-refractivity contribution is -0.125. The first-order valence-corrected chi connectivity index (χ1v) is 18.6. The third kappa shape index (κ3) is 10.4. The SMILES string of the molecule is C=CCCCOCC(=C)C(CCC)CC(=O)C1C(C(=C)C(C)C2CCCCC2)CC2C1C2(C)C.CC.CC1CCCC1C. The van der Waals surface area contributed by atoms with E-state index in [-0.39, 0.29) is 11.8 Å². The van der Waals surface area contributed by atoms with Crippen LogP contribution in [0.5, 0.6) is 0 Å². The maximum Gasteiger partial charge on any atom is 0.137 e. The van der Waals surface area contributed by atoms with Gasteiger partial charge < -0.3 is 4.74 Å². The zero-order valence-corrected chi connectivity index (χ0v) is 30.0. The molecule has 43 heavy (non-hydrogen) atoms. The average molecular weight is 597 g/mol. The number of fused-ring (bicyclic) bond motifs is 1. The van der Waals surface area contributed by atoms with E-state index in [1.165, 1.54) is 63.4 Å². The van der Waals surface area contributed by atoms with E-state index in [2.05, 4.69) is 61.3 Å². The molecule has 8 unspecified atom stereocenters. The Labute approximate surface area is 269 Å². The van der Waals surface area contributed by atoms with Crippen LogP contribution in [-0.2, 0) is 9.53 Å². The van der Waals surface area contributed by atoms with Crippen molar-refractivity contribution in [3.63, 3.8) is 0 Å². The van der Waals surface area contributed by atoms with Gasteiger partial charge in [0.1, 0.15) is 5.78 Å². The van der Waals surface area contributed by atoms with Gasteiger partial charge in [0.05, 0.1) is 6.61 Å². The Balaban J connectivity index is 0.000000619. The smallest absolute Gasteiger partial charge is 0.137 e. The van der Waals surface area contributed by atoms with Crippen LogP contribution in [0.15, 0.2) is 37.0 Å². The molecule has 0 saturated heterocycles. The summed E-state index contributed by atoms with van der Waals surface area (Å²) in [6, 6.07) is 0. The van der Waals surface area contributed by atoms with Gasteiger partial charge in [-0.05, 0) is 96.9 Å². The number of ketones is 1. The van der Waals surface area contributed by atoms with Gasteiger partial charge in [-0.2, -0.15) is 0 Å². The van der Waals surface area contributed by atoms with Crippen molar-refractivity contribution in [2.45, 2.75) is 145 Å². The maximum atomic E-state index is 14.0. The van der Waals surface area contributed by atoms with E-state index in [9.17, 15) is 4.79 Å². The summed E-state index contributed by atoms with van der Waals surface area (Å²) in [5, 5.41) is 0. The molecule has 0 heterocycles. The van der Waals surface area contributed by atoms with E-state index >= 15 is 0 Å². The van der Waals surface area contributed by atoms with E-state index in [1.807, 2.05) is 19.9 Å². The van der Waals surface area contributed by atoms with Crippen LogP contribution in [0.4, 0.5) is 0 Å². The van der Waals surface area contributed by atoms with Gasteiger partial charge in [0.25, 0.3) is 0 Å². The summed E-state index contributed by atoms with van der Waals surface area (Å²) in [6.45, 7) is 32.2. The number of unbranched alkanes of at least 4 members (excludes halogenated alkanes) is 1. The van der Waals surface area contributed by atoms with Gasteiger partial charge in [-0.25, -0.2) is 0 Å². The summed E-state index contributed by atoms with van der Waals surface area (Å²) in [5.74, 6) is 5.86. The van der Waals surface area contributed by atoms with Gasteiger partial charge in [0.15, 0.2) is 0 Å². The summed E-state index contributed by atoms with van der Waals surface area (Å²) in [6.07, 6.45) is 19.0. The fourth-order valence-corrected chi connectivity index (χ4v) is 8.86. The van der Waals surface area contributed by atoms with Gasteiger partial charge in [-0.1, -0.05) is 125 Å². The minimum absolute atomic E-state index is 0.166. The zero-order chi connectivity index (χ0) is 32.2. The van der Waals surface area contributed by atoms with Crippen molar-refractivity contribution >= 4 is 5.78 Å². The largest absolute Gasteiger partial charge is 0.377 e. The van der Waals surface area contributed by atoms with Crippen molar-refractivity contribution < 1.29 is 9.53 Å². The lowest BCUT2D eigenvalue weighted by Crippen LogP contribution is -2.32. The molecular weight excluding hydrogens is 524 g/mol. The number of Topliss-reactive ketones (excluding diaryl/α,β-unsaturated/α-hetero) is 1. The number of hydrogen-bond acceptors (Lipinski definition) is 2. The first-order chi connectivity index (χ1) is 20.5. The van der Waals surface area contributed by atoms with Gasteiger partial charge in [-0.15, -0.1) is 6.58 Å². The first kappa shape index (κ1) is 38.0. The van der Waals surface area contributed by atoms with Gasteiger partial charge in [-0.3, -0.25) is 4.79 Å². The number of hydrogen-bond donors (Lipinski definition) is 0. The number of carbonyl (C=O) groups is 1. The van der Waals surface area contributed by atoms with Crippen LogP contribution in [0.2, 0.25) is 0 Å². The van der Waals surface area contributed by atoms with Crippen LogP contribution in [0.1, 0.15) is 145 Å². The van der Waals surface area contributed by atoms with Crippen molar-refractivity contribution in [1.29, 1.82) is 0 Å². The monoisotopic (exact) mass is 597 g/mol. The molecule has 0 aromatic carbocycles. The second-order valence-electron chi connectivity index (χ2n) is 15.3. The molecular formula is C41H72O2. The summed E-state index contributed by atoms with van der Waals surface area (Å²) in [4.78, 5) is 14.0. The van der Waals surface area contributed by atoms with Crippen LogP contribution >= 0.6 is 0 Å². The van der Waals surface area contributed by atoms with Crippen molar-refractivity contribution in [2.24, 2.45) is 58.7 Å². The molecule has 4 saturated carbocycles. The Morgan fingerprint density at radius 3 is 2.16 bits per heavy atom. The highest BCUT2D eigenvalue weighted by Gasteiger charge is 2.68. The van der Waals surface area contributed by atoms with Crippen molar-refractivity contribution in [1.82, 2.24) is 0 Å². The molecule has 0 aliphatic heterocycles. The minimum atomic E-state index is 0.166. The highest BCUT2D eigenvalue weighted by molar-refractivity contribution is 5.84. The van der Waals surface area contributed by atoms with E-state index in [1.54, 1.807) is 0 Å². The Hall–Kier alpha value is -1.15. The van der Waals surface area contributed by atoms with Gasteiger partial charge >= 0.3 is 0 Å². The number of rotatable bonds is 15. The molecule has 4 fully saturated rings. The third-order valence-corrected chi connectivity index (χ3v) is 12.2. The molecule has 0 spiro atoms. The summed E-state index contributed by atoms with van der Waals surface area (Å²) in [7, 11) is 0. The van der Waals surface area contributed by atoms with Crippen molar-refractivity contribution in [3.8, 4) is 0 Å². The summed E-state index contributed by atoms with van der Waals surface area (Å²) in [5.41, 5.74) is 2.81. The molecule has 8 atom stereocenters. The van der Waals surface area contributed by atoms with Crippen LogP contribution in [0, 0.1) is 58.7 Å². The van der Waals surface area contributed by atoms with E-state index in [4.69, 9.17) is 4.74 Å². The predicted molar refractivity (Wildman–Crippen MR) is 188 cm³/mol. The quantitative estimate of drug-likeness (QED) is 0.139. The van der Waals surface area contributed by atoms with Crippen molar-refractivity contribution in [2.75, 3.05) is 13.2 Å². The molecule has 0 N–H and O–H groups in total. The lowest BCUT2D eigenvalue weighted by atomic mass is 9.69. The van der Waals surface area contributed by atoms with Crippen LogP contribution in [0.3, 0.4) is 0 Å². The predicted octanol–water partition coefficient (Wildman–Crippen LogP) is 12.1. The van der Waals surface area contributed by atoms with Gasteiger partial charge in [0.2, 0.25) is 0 Å². The van der Waals surface area contributed by atoms with E-state index in [0.29, 0.717) is 47.9 Å². The number of carbonyl (C=O) groups excluding carboxylic acids is 1. The standard InChI is InChI=1S/C32H52O2.C7H14.C2H6/c1-8-10-14-18-34-21-22(3)26(15-9-2)19-29(33)30-27(20-28-31(30)32(28,6)7)24(5)23(4)25-16-12-11-13-17-25;1-6-4-3-5-7(6)2;1-2/h8,23,25-28,30-31H,1,3,5,9-21H2,2,4,6-7H3;6-7H,3-5H2,1-2H3;1-2H3. The topological polar surface area (TPSA) is 26.3 Å². The molecule has 4 aliphatic carbocycles. The molecule has 2 nitrogen and oxygen atoms in total. The normalized spacial score (nSPS) is 30.5. The highest BCUT2D eigenvalue weighted by Crippen LogP contribution is 2.72. The molecule has 4 aliphatic rings. The lowest BCUT2D eigenvalue weighted by Gasteiger charge is -2.35. The fraction of sp³-hybridized carbons (Fsp3) is 0.829. The zero-order valence-electron chi connectivity index (χ0n) is 30.0. The average Bonchev–Trinajstić information content (AvgIpc) is 3.32. The van der Waals surface area contributed by atoms with E-state index < -0.39 is 0 Å². The second-order valence-corrected chi connectivity index (χ2v) is 15.3. The molecule has 0 aromatic rings. The van der Waals surface area contributed by atoms with Crippen LogP contribution < -0.4 is 0 Å². The molecule has 4 rings (SSSR count). The Morgan fingerprint density at radius 1 is 1.00 bits per heavy atom. The first-order valence-electron chi connectivity index (χ1n) is 18.6. The highest BCUT2D eigenvalue weighted by atomic mass is 16.5. The van der Waals surface area contributed by atoms with Crippen LogP contribution in [-0.4, -0.2) is 19.0 Å². The molecule has 0 bridgehead atoms.